The Morgan fingerprint density at radius 3 is 2.85 bits per heavy atom. The zero-order chi connectivity index (χ0) is 13.4. The number of hydrogen-bond acceptors (Lipinski definition) is 2. The third-order valence-electron chi connectivity index (χ3n) is 3.97. The molecule has 1 amide bonds. The lowest BCUT2D eigenvalue weighted by Gasteiger charge is -2.24. The summed E-state index contributed by atoms with van der Waals surface area (Å²) in [5, 5.41) is 3.89. The minimum Gasteiger partial charge on any atom is -0.337 e. The van der Waals surface area contributed by atoms with E-state index >= 15 is 0 Å². The van der Waals surface area contributed by atoms with E-state index in [4.69, 9.17) is 11.6 Å². The summed E-state index contributed by atoms with van der Waals surface area (Å²) in [4.78, 5) is 14.1. The average molecular weight is 319 g/mol. The Morgan fingerprint density at radius 1 is 1.30 bits per heavy atom. The summed E-state index contributed by atoms with van der Waals surface area (Å²) in [6.07, 6.45) is 3.20. The number of carbonyl (C=O) groups is 1. The van der Waals surface area contributed by atoms with Gasteiger partial charge in [0.05, 0.1) is 5.56 Å². The highest BCUT2D eigenvalue weighted by atomic mass is 35.5. The maximum Gasteiger partial charge on any atom is 0.256 e. The number of halogens is 3. The van der Waals surface area contributed by atoms with Gasteiger partial charge in [0.1, 0.15) is 5.82 Å². The van der Waals surface area contributed by atoms with Crippen molar-refractivity contribution >= 4 is 29.9 Å². The molecule has 2 atom stereocenters. The molecule has 2 bridgehead atoms. The van der Waals surface area contributed by atoms with Crippen LogP contribution in [0.4, 0.5) is 4.39 Å². The first-order valence-electron chi connectivity index (χ1n) is 6.64. The van der Waals surface area contributed by atoms with Crippen LogP contribution in [0.2, 0.25) is 5.02 Å². The number of fused-ring (bicyclic) bond motifs is 2. The Balaban J connectivity index is 0.00000147. The normalized spacial score (nSPS) is 25.0. The Kier molecular flexibility index (Phi) is 4.89. The molecule has 3 nitrogen and oxygen atoms in total. The van der Waals surface area contributed by atoms with E-state index in [1.807, 2.05) is 0 Å². The van der Waals surface area contributed by atoms with Crippen LogP contribution < -0.4 is 5.32 Å². The molecule has 6 heteroatoms. The van der Waals surface area contributed by atoms with Crippen LogP contribution >= 0.6 is 24.0 Å². The van der Waals surface area contributed by atoms with Gasteiger partial charge in [0.15, 0.2) is 0 Å². The van der Waals surface area contributed by atoms with Gasteiger partial charge in [0.2, 0.25) is 0 Å². The lowest BCUT2D eigenvalue weighted by molar-refractivity contribution is 0.0743. The topological polar surface area (TPSA) is 32.3 Å². The molecule has 2 heterocycles. The van der Waals surface area contributed by atoms with Gasteiger partial charge >= 0.3 is 0 Å². The minimum atomic E-state index is -0.503. The van der Waals surface area contributed by atoms with Crippen LogP contribution in [0.1, 0.15) is 29.6 Å². The van der Waals surface area contributed by atoms with Gasteiger partial charge < -0.3 is 10.2 Å². The van der Waals surface area contributed by atoms with E-state index in [2.05, 4.69) is 5.32 Å². The predicted molar refractivity (Wildman–Crippen MR) is 79.1 cm³/mol. The van der Waals surface area contributed by atoms with Gasteiger partial charge in [-0.3, -0.25) is 4.79 Å². The number of hydrogen-bond donors (Lipinski definition) is 1. The van der Waals surface area contributed by atoms with E-state index in [1.54, 1.807) is 4.90 Å². The van der Waals surface area contributed by atoms with Gasteiger partial charge in [0, 0.05) is 30.2 Å². The van der Waals surface area contributed by atoms with E-state index in [0.717, 1.165) is 12.8 Å². The van der Waals surface area contributed by atoms with Gasteiger partial charge in [-0.15, -0.1) is 12.4 Å². The zero-order valence-corrected chi connectivity index (χ0v) is 12.5. The second kappa shape index (κ2) is 6.29. The minimum absolute atomic E-state index is 0. The molecule has 1 N–H and O–H groups in total. The quantitative estimate of drug-likeness (QED) is 0.863. The summed E-state index contributed by atoms with van der Waals surface area (Å²) in [5.41, 5.74) is 0.0743. The first-order chi connectivity index (χ1) is 9.13. The molecule has 1 aromatic rings. The molecule has 110 valence electrons. The van der Waals surface area contributed by atoms with Crippen LogP contribution in [0, 0.1) is 5.82 Å². The molecular formula is C14H17Cl2FN2O. The van der Waals surface area contributed by atoms with Crippen LogP contribution in [-0.2, 0) is 0 Å². The molecule has 1 aromatic carbocycles. The molecular weight excluding hydrogens is 302 g/mol. The molecule has 2 aliphatic rings. The van der Waals surface area contributed by atoms with Crippen LogP contribution in [0.5, 0.6) is 0 Å². The molecule has 3 rings (SSSR count). The van der Waals surface area contributed by atoms with Crippen molar-refractivity contribution in [1.29, 1.82) is 0 Å². The van der Waals surface area contributed by atoms with Crippen LogP contribution in [0.3, 0.4) is 0 Å². The van der Waals surface area contributed by atoms with Crippen molar-refractivity contribution in [2.75, 3.05) is 13.1 Å². The Bertz CT molecular complexity index is 512. The maximum atomic E-state index is 13.7. The summed E-state index contributed by atoms with van der Waals surface area (Å²) < 4.78 is 13.7. The van der Waals surface area contributed by atoms with Gasteiger partial charge in [0.25, 0.3) is 5.91 Å². The number of rotatable bonds is 1. The highest BCUT2D eigenvalue weighted by Gasteiger charge is 2.32. The highest BCUT2D eigenvalue weighted by Crippen LogP contribution is 2.23. The van der Waals surface area contributed by atoms with Crippen LogP contribution in [0.25, 0.3) is 0 Å². The summed E-state index contributed by atoms with van der Waals surface area (Å²) >= 11 is 5.85. The lowest BCUT2D eigenvalue weighted by Crippen LogP contribution is -2.39. The molecule has 0 radical (unpaired) electrons. The third kappa shape index (κ3) is 3.08. The fraction of sp³-hybridized carbons (Fsp3) is 0.500. The van der Waals surface area contributed by atoms with Crippen molar-refractivity contribution in [2.45, 2.75) is 31.3 Å². The standard InChI is InChI=1S/C14H16ClFN2O.ClH/c15-9-1-4-13(16)12(7-9)14(19)18-6-5-10-2-3-11(8-18)17-10;/h1,4,7,10-11,17H,2-3,5-6,8H2;1H. The molecule has 20 heavy (non-hydrogen) atoms. The smallest absolute Gasteiger partial charge is 0.256 e. The first-order valence-corrected chi connectivity index (χ1v) is 7.01. The summed E-state index contributed by atoms with van der Waals surface area (Å²) in [6, 6.07) is 4.97. The summed E-state index contributed by atoms with van der Waals surface area (Å²) in [6.45, 7) is 1.33. The largest absolute Gasteiger partial charge is 0.337 e. The van der Waals surface area contributed by atoms with E-state index < -0.39 is 5.82 Å². The zero-order valence-electron chi connectivity index (χ0n) is 10.9. The number of benzene rings is 1. The van der Waals surface area contributed by atoms with E-state index in [9.17, 15) is 9.18 Å². The van der Waals surface area contributed by atoms with E-state index in [1.165, 1.54) is 24.6 Å². The maximum absolute atomic E-state index is 13.7. The molecule has 0 aromatic heterocycles. The average Bonchev–Trinajstić information content (AvgIpc) is 2.71. The van der Waals surface area contributed by atoms with Gasteiger partial charge in [-0.05, 0) is 37.5 Å². The van der Waals surface area contributed by atoms with Gasteiger partial charge in [-0.1, -0.05) is 11.6 Å². The SMILES string of the molecule is Cl.O=C(c1cc(Cl)ccc1F)N1CCC2CCC(C1)N2. The number of carbonyl (C=O) groups excluding carboxylic acids is 1. The molecule has 2 saturated heterocycles. The van der Waals surface area contributed by atoms with E-state index in [0.29, 0.717) is 30.2 Å². The molecule has 2 fully saturated rings. The van der Waals surface area contributed by atoms with Gasteiger partial charge in [-0.25, -0.2) is 4.39 Å². The fourth-order valence-corrected chi connectivity index (χ4v) is 3.13. The molecule has 0 saturated carbocycles. The molecule has 2 unspecified atom stereocenters. The highest BCUT2D eigenvalue weighted by molar-refractivity contribution is 6.31. The van der Waals surface area contributed by atoms with Crippen molar-refractivity contribution in [1.82, 2.24) is 10.2 Å². The molecule has 0 aliphatic carbocycles. The first kappa shape index (κ1) is 15.5. The third-order valence-corrected chi connectivity index (χ3v) is 4.20. The summed E-state index contributed by atoms with van der Waals surface area (Å²) in [7, 11) is 0. The Labute approximate surface area is 128 Å². The Hall–Kier alpha value is -0.840. The monoisotopic (exact) mass is 318 g/mol. The Morgan fingerprint density at radius 2 is 2.05 bits per heavy atom. The number of nitrogens with one attached hydrogen (secondary N) is 1. The van der Waals surface area contributed by atoms with Crippen molar-refractivity contribution in [2.24, 2.45) is 0 Å². The summed E-state index contributed by atoms with van der Waals surface area (Å²) in [5.74, 6) is -0.758. The lowest BCUT2D eigenvalue weighted by atomic mass is 10.1. The van der Waals surface area contributed by atoms with Crippen molar-refractivity contribution in [3.8, 4) is 0 Å². The van der Waals surface area contributed by atoms with E-state index in [-0.39, 0.29) is 23.9 Å². The predicted octanol–water partition coefficient (Wildman–Crippen LogP) is 2.87. The van der Waals surface area contributed by atoms with Crippen LogP contribution in [0.15, 0.2) is 18.2 Å². The van der Waals surface area contributed by atoms with Crippen LogP contribution in [-0.4, -0.2) is 36.0 Å². The molecule has 0 spiro atoms. The number of nitrogens with zero attached hydrogens (tertiary/aromatic N) is 1. The second-order valence-electron chi connectivity index (χ2n) is 5.30. The van der Waals surface area contributed by atoms with Crippen molar-refractivity contribution in [3.05, 3.63) is 34.6 Å². The fourth-order valence-electron chi connectivity index (χ4n) is 2.96. The second-order valence-corrected chi connectivity index (χ2v) is 5.74. The number of likely N-dealkylation sites (tertiary alicyclic amines) is 1. The van der Waals surface area contributed by atoms with Crippen molar-refractivity contribution < 1.29 is 9.18 Å². The van der Waals surface area contributed by atoms with Crippen molar-refractivity contribution in [3.63, 3.8) is 0 Å². The van der Waals surface area contributed by atoms with Gasteiger partial charge in [-0.2, -0.15) is 0 Å². The number of amides is 1. The molecule has 2 aliphatic heterocycles.